The van der Waals surface area contributed by atoms with Crippen LogP contribution in [-0.2, 0) is 11.3 Å². The van der Waals surface area contributed by atoms with Crippen LogP contribution in [0.4, 0.5) is 5.69 Å². The number of nitrogens with two attached hydrogens (primary N) is 1. The van der Waals surface area contributed by atoms with E-state index in [0.717, 1.165) is 12.0 Å². The first-order chi connectivity index (χ1) is 11.4. The SMILES string of the molecule is CCC(C)C(N)C(=O)Nc1ccc(=O)n(Cc2ccccc2Cl)c1.Cl. The highest BCUT2D eigenvalue weighted by Gasteiger charge is 2.19. The molecule has 0 fully saturated rings. The average molecular weight is 384 g/mol. The van der Waals surface area contributed by atoms with Gasteiger partial charge in [-0.1, -0.05) is 50.1 Å². The normalized spacial score (nSPS) is 12.8. The average Bonchev–Trinajstić information content (AvgIpc) is 2.58. The van der Waals surface area contributed by atoms with E-state index in [-0.39, 0.29) is 29.8 Å². The molecule has 5 nitrogen and oxygen atoms in total. The van der Waals surface area contributed by atoms with Crippen molar-refractivity contribution in [2.45, 2.75) is 32.9 Å². The quantitative estimate of drug-likeness (QED) is 0.803. The molecule has 1 aromatic carbocycles. The number of aromatic nitrogens is 1. The summed E-state index contributed by atoms with van der Waals surface area (Å²) in [6, 6.07) is 9.75. The number of carbonyl (C=O) groups is 1. The van der Waals surface area contributed by atoms with Crippen LogP contribution in [0.15, 0.2) is 47.4 Å². The number of hydrogen-bond acceptors (Lipinski definition) is 3. The molecule has 0 spiro atoms. The van der Waals surface area contributed by atoms with Crippen molar-refractivity contribution >= 4 is 35.6 Å². The maximum absolute atomic E-state index is 12.2. The van der Waals surface area contributed by atoms with Crippen molar-refractivity contribution in [3.05, 3.63) is 63.5 Å². The summed E-state index contributed by atoms with van der Waals surface area (Å²) in [5, 5.41) is 3.36. The van der Waals surface area contributed by atoms with Crippen LogP contribution in [0, 0.1) is 5.92 Å². The topological polar surface area (TPSA) is 77.1 Å². The van der Waals surface area contributed by atoms with E-state index in [1.54, 1.807) is 18.3 Å². The highest BCUT2D eigenvalue weighted by Crippen LogP contribution is 2.16. The summed E-state index contributed by atoms with van der Waals surface area (Å²) in [5.41, 5.74) is 7.13. The molecule has 0 bridgehead atoms. The molecule has 136 valence electrons. The van der Waals surface area contributed by atoms with E-state index in [4.69, 9.17) is 17.3 Å². The lowest BCUT2D eigenvalue weighted by molar-refractivity contribution is -0.118. The number of amides is 1. The van der Waals surface area contributed by atoms with E-state index >= 15 is 0 Å². The third-order valence-corrected chi connectivity index (χ3v) is 4.48. The number of nitrogens with one attached hydrogen (secondary N) is 1. The van der Waals surface area contributed by atoms with Crippen molar-refractivity contribution in [3.8, 4) is 0 Å². The molecule has 1 aromatic heterocycles. The zero-order chi connectivity index (χ0) is 17.7. The van der Waals surface area contributed by atoms with Gasteiger partial charge in [0.05, 0.1) is 18.3 Å². The standard InChI is InChI=1S/C18H22ClN3O2.ClH/c1-3-12(2)17(20)18(24)21-14-8-9-16(23)22(11-14)10-13-6-4-5-7-15(13)19;/h4-9,11-12,17H,3,10,20H2,1-2H3,(H,21,24);1H. The van der Waals surface area contributed by atoms with Crippen LogP contribution in [0.25, 0.3) is 0 Å². The smallest absolute Gasteiger partial charge is 0.250 e. The number of hydrogen-bond donors (Lipinski definition) is 2. The van der Waals surface area contributed by atoms with Gasteiger partial charge in [0, 0.05) is 17.3 Å². The third-order valence-electron chi connectivity index (χ3n) is 4.11. The monoisotopic (exact) mass is 383 g/mol. The van der Waals surface area contributed by atoms with Crippen molar-refractivity contribution < 1.29 is 4.79 Å². The van der Waals surface area contributed by atoms with Crippen molar-refractivity contribution in [1.82, 2.24) is 4.57 Å². The Morgan fingerprint density at radius 3 is 2.60 bits per heavy atom. The molecule has 1 heterocycles. The number of anilines is 1. The van der Waals surface area contributed by atoms with Crippen LogP contribution in [0.3, 0.4) is 0 Å². The minimum absolute atomic E-state index is 0. The molecule has 2 unspecified atom stereocenters. The first-order valence-electron chi connectivity index (χ1n) is 7.92. The Labute approximate surface area is 158 Å². The van der Waals surface area contributed by atoms with E-state index in [1.165, 1.54) is 10.6 Å². The van der Waals surface area contributed by atoms with Crippen LogP contribution in [0.5, 0.6) is 0 Å². The Hall–Kier alpha value is -1.82. The summed E-state index contributed by atoms with van der Waals surface area (Å²) >= 11 is 6.14. The predicted octanol–water partition coefficient (Wildman–Crippen LogP) is 3.28. The van der Waals surface area contributed by atoms with E-state index in [9.17, 15) is 9.59 Å². The molecular weight excluding hydrogens is 361 g/mol. The zero-order valence-electron chi connectivity index (χ0n) is 14.2. The number of carbonyl (C=O) groups excluding carboxylic acids is 1. The molecule has 0 aliphatic rings. The first kappa shape index (κ1) is 21.2. The third kappa shape index (κ3) is 5.59. The summed E-state index contributed by atoms with van der Waals surface area (Å²) in [6.07, 6.45) is 2.42. The second-order valence-corrected chi connectivity index (χ2v) is 6.28. The van der Waals surface area contributed by atoms with Crippen LogP contribution in [0.2, 0.25) is 5.02 Å². The van der Waals surface area contributed by atoms with Gasteiger partial charge < -0.3 is 15.6 Å². The predicted molar refractivity (Wildman–Crippen MR) is 105 cm³/mol. The molecule has 0 saturated carbocycles. The van der Waals surface area contributed by atoms with Crippen LogP contribution in [0.1, 0.15) is 25.8 Å². The molecule has 2 atom stereocenters. The number of benzene rings is 1. The maximum Gasteiger partial charge on any atom is 0.250 e. The highest BCUT2D eigenvalue weighted by molar-refractivity contribution is 6.31. The summed E-state index contributed by atoms with van der Waals surface area (Å²) in [5.74, 6) is -0.175. The fourth-order valence-corrected chi connectivity index (χ4v) is 2.47. The number of nitrogens with zero attached hydrogens (tertiary/aromatic N) is 1. The van der Waals surface area contributed by atoms with Gasteiger partial charge in [-0.3, -0.25) is 9.59 Å². The Balaban J connectivity index is 0.00000312. The fourth-order valence-electron chi connectivity index (χ4n) is 2.28. The Kier molecular flexibility index (Phi) is 8.16. The zero-order valence-corrected chi connectivity index (χ0v) is 15.8. The van der Waals surface area contributed by atoms with Crippen LogP contribution < -0.4 is 16.6 Å². The van der Waals surface area contributed by atoms with Crippen LogP contribution >= 0.6 is 24.0 Å². The van der Waals surface area contributed by atoms with E-state index in [0.29, 0.717) is 17.3 Å². The maximum atomic E-state index is 12.2. The number of halogens is 2. The second kappa shape index (κ2) is 9.61. The summed E-state index contributed by atoms with van der Waals surface area (Å²) in [4.78, 5) is 24.2. The summed E-state index contributed by atoms with van der Waals surface area (Å²) in [7, 11) is 0. The first-order valence-corrected chi connectivity index (χ1v) is 8.30. The van der Waals surface area contributed by atoms with Crippen molar-refractivity contribution in [1.29, 1.82) is 0 Å². The summed E-state index contributed by atoms with van der Waals surface area (Å²) < 4.78 is 1.51. The van der Waals surface area contributed by atoms with Gasteiger partial charge in [0.15, 0.2) is 0 Å². The van der Waals surface area contributed by atoms with Gasteiger partial charge in [-0.25, -0.2) is 0 Å². The highest BCUT2D eigenvalue weighted by atomic mass is 35.5. The molecule has 0 saturated heterocycles. The Bertz CT molecular complexity index is 777. The summed E-state index contributed by atoms with van der Waals surface area (Å²) in [6.45, 7) is 4.25. The van der Waals surface area contributed by atoms with Gasteiger partial charge in [-0.2, -0.15) is 0 Å². The van der Waals surface area contributed by atoms with Crippen molar-refractivity contribution in [3.63, 3.8) is 0 Å². The lowest BCUT2D eigenvalue weighted by Gasteiger charge is -2.18. The number of pyridine rings is 1. The van der Waals surface area contributed by atoms with Crippen molar-refractivity contribution in [2.24, 2.45) is 11.7 Å². The molecule has 2 aromatic rings. The molecule has 3 N–H and O–H groups in total. The molecule has 0 aliphatic carbocycles. The molecule has 2 rings (SSSR count). The van der Waals surface area contributed by atoms with E-state index in [1.807, 2.05) is 32.0 Å². The fraction of sp³-hybridized carbons (Fsp3) is 0.333. The molecule has 0 aliphatic heterocycles. The second-order valence-electron chi connectivity index (χ2n) is 5.88. The van der Waals surface area contributed by atoms with Gasteiger partial charge in [-0.05, 0) is 23.6 Å². The van der Waals surface area contributed by atoms with Gasteiger partial charge in [-0.15, -0.1) is 12.4 Å². The van der Waals surface area contributed by atoms with Crippen LogP contribution in [-0.4, -0.2) is 16.5 Å². The van der Waals surface area contributed by atoms with Gasteiger partial charge in [0.2, 0.25) is 5.91 Å². The molecule has 0 radical (unpaired) electrons. The molecular formula is C18H23Cl2N3O2. The van der Waals surface area contributed by atoms with Gasteiger partial charge in [0.1, 0.15) is 0 Å². The Morgan fingerprint density at radius 2 is 1.96 bits per heavy atom. The minimum atomic E-state index is -0.584. The van der Waals surface area contributed by atoms with E-state index in [2.05, 4.69) is 5.32 Å². The minimum Gasteiger partial charge on any atom is -0.323 e. The lowest BCUT2D eigenvalue weighted by atomic mass is 9.99. The lowest BCUT2D eigenvalue weighted by Crippen LogP contribution is -2.40. The molecule has 25 heavy (non-hydrogen) atoms. The van der Waals surface area contributed by atoms with Gasteiger partial charge >= 0.3 is 0 Å². The largest absolute Gasteiger partial charge is 0.323 e. The molecule has 7 heteroatoms. The van der Waals surface area contributed by atoms with Crippen molar-refractivity contribution in [2.75, 3.05) is 5.32 Å². The van der Waals surface area contributed by atoms with E-state index < -0.39 is 6.04 Å². The van der Waals surface area contributed by atoms with Gasteiger partial charge in [0.25, 0.3) is 5.56 Å². The Morgan fingerprint density at radius 1 is 1.28 bits per heavy atom. The number of rotatable bonds is 6. The molecule has 1 amide bonds.